The Morgan fingerprint density at radius 3 is 1.04 bits per heavy atom. The second-order valence-corrected chi connectivity index (χ2v) is 23.2. The van der Waals surface area contributed by atoms with Gasteiger partial charge in [0, 0.05) is 12.8 Å². The minimum Gasteiger partial charge on any atom is -0.466 e. The monoisotopic (exact) mass is 1040 g/mol. The number of rotatable bonds is 63. The van der Waals surface area contributed by atoms with E-state index in [4.69, 9.17) is 4.74 Å². The highest BCUT2D eigenvalue weighted by Crippen LogP contribution is 2.19. The highest BCUT2D eigenvalue weighted by atomic mass is 16.5. The molecule has 0 aromatic rings. The van der Waals surface area contributed by atoms with Crippen LogP contribution in [0.3, 0.4) is 0 Å². The van der Waals surface area contributed by atoms with Crippen molar-refractivity contribution in [2.24, 2.45) is 0 Å². The van der Waals surface area contributed by atoms with Crippen molar-refractivity contribution in [3.8, 4) is 0 Å². The van der Waals surface area contributed by atoms with E-state index in [0.717, 1.165) is 51.4 Å². The normalized spacial score (nSPS) is 12.6. The van der Waals surface area contributed by atoms with E-state index in [1.54, 1.807) is 0 Å². The first kappa shape index (κ1) is 72.3. The largest absolute Gasteiger partial charge is 0.466 e. The Kier molecular flexibility index (Phi) is 62.4. The maximum absolute atomic E-state index is 12.5. The van der Waals surface area contributed by atoms with Crippen molar-refractivity contribution in [3.05, 3.63) is 24.3 Å². The number of amides is 1. The molecule has 6 nitrogen and oxygen atoms in total. The van der Waals surface area contributed by atoms with Crippen molar-refractivity contribution in [3.63, 3.8) is 0 Å². The van der Waals surface area contributed by atoms with Gasteiger partial charge in [0.2, 0.25) is 5.91 Å². The summed E-state index contributed by atoms with van der Waals surface area (Å²) in [4.78, 5) is 24.6. The second kappa shape index (κ2) is 63.9. The summed E-state index contributed by atoms with van der Waals surface area (Å²) in [6.07, 6.45) is 79.1. The molecule has 0 fully saturated rings. The van der Waals surface area contributed by atoms with Crippen molar-refractivity contribution in [2.45, 2.75) is 386 Å². The molecule has 0 heterocycles. The molecule has 0 saturated carbocycles. The minimum absolute atomic E-state index is 0.00509. The Balaban J connectivity index is 3.41. The molecule has 0 saturated heterocycles. The van der Waals surface area contributed by atoms with Crippen LogP contribution in [0, 0.1) is 0 Å². The van der Waals surface area contributed by atoms with Crippen LogP contribution in [-0.4, -0.2) is 47.4 Å². The zero-order chi connectivity index (χ0) is 53.6. The van der Waals surface area contributed by atoms with Gasteiger partial charge in [-0.3, -0.25) is 9.59 Å². The molecule has 0 aliphatic carbocycles. The number of hydrogen-bond donors (Lipinski definition) is 3. The third-order valence-electron chi connectivity index (χ3n) is 15.8. The van der Waals surface area contributed by atoms with Gasteiger partial charge in [0.05, 0.1) is 25.4 Å². The Bertz CT molecular complexity index is 1150. The van der Waals surface area contributed by atoms with Crippen LogP contribution >= 0.6 is 0 Å². The van der Waals surface area contributed by atoms with Crippen LogP contribution in [0.1, 0.15) is 373 Å². The molecule has 0 spiro atoms. The van der Waals surface area contributed by atoms with Crippen molar-refractivity contribution in [1.29, 1.82) is 0 Å². The van der Waals surface area contributed by atoms with Gasteiger partial charge in [-0.05, 0) is 57.8 Å². The van der Waals surface area contributed by atoms with Crippen molar-refractivity contribution in [2.75, 3.05) is 13.2 Å². The van der Waals surface area contributed by atoms with Gasteiger partial charge in [0.1, 0.15) is 0 Å². The molecule has 0 aliphatic rings. The Morgan fingerprint density at radius 1 is 0.378 bits per heavy atom. The van der Waals surface area contributed by atoms with Crippen LogP contribution < -0.4 is 5.32 Å². The zero-order valence-electron chi connectivity index (χ0n) is 50.1. The van der Waals surface area contributed by atoms with Crippen LogP contribution in [0.2, 0.25) is 0 Å². The molecular weight excluding hydrogens is 911 g/mol. The van der Waals surface area contributed by atoms with E-state index >= 15 is 0 Å². The first-order chi connectivity index (χ1) is 36.5. The summed E-state index contributed by atoms with van der Waals surface area (Å²) in [7, 11) is 0. The number of carbonyl (C=O) groups is 2. The number of aliphatic hydroxyl groups is 2. The molecule has 0 aromatic heterocycles. The number of carbonyl (C=O) groups excluding carboxylic acids is 2. The number of unbranched alkanes of at least 4 members (excludes halogenated alkanes) is 48. The molecule has 6 heteroatoms. The number of nitrogens with one attached hydrogen (secondary N) is 1. The third-order valence-corrected chi connectivity index (χ3v) is 15.8. The summed E-state index contributed by atoms with van der Waals surface area (Å²) in [6, 6.07) is -0.546. The molecule has 0 bridgehead atoms. The fourth-order valence-electron chi connectivity index (χ4n) is 10.6. The van der Waals surface area contributed by atoms with Gasteiger partial charge in [0.15, 0.2) is 0 Å². The smallest absolute Gasteiger partial charge is 0.305 e. The lowest BCUT2D eigenvalue weighted by Crippen LogP contribution is -2.45. The van der Waals surface area contributed by atoms with Gasteiger partial charge in [-0.1, -0.05) is 327 Å². The first-order valence-corrected chi connectivity index (χ1v) is 33.6. The summed E-state index contributed by atoms with van der Waals surface area (Å²) in [6.45, 7) is 4.95. The molecule has 0 rings (SSSR count). The standard InChI is InChI=1S/C68H131NO5/c1-3-5-7-9-11-13-15-17-19-21-22-23-24-25-26-29-32-36-40-44-48-52-56-60-66(71)65(64-70)69-67(72)61-57-53-49-45-41-37-33-30-27-28-31-35-39-43-47-51-55-59-63-74-68(73)62-58-54-50-46-42-38-34-20-18-16-14-12-10-8-6-4-2/h14,16,20,34,65-66,70-71H,3-13,15,17-19,21-33,35-64H2,1-2H3,(H,69,72)/b16-14-,34-20-. The van der Waals surface area contributed by atoms with Crippen LogP contribution in [0.15, 0.2) is 24.3 Å². The lowest BCUT2D eigenvalue weighted by molar-refractivity contribution is -0.143. The van der Waals surface area contributed by atoms with E-state index in [9.17, 15) is 19.8 Å². The fraction of sp³-hybridized carbons (Fsp3) is 0.912. The van der Waals surface area contributed by atoms with Crippen LogP contribution in [-0.2, 0) is 14.3 Å². The number of ether oxygens (including phenoxy) is 1. The van der Waals surface area contributed by atoms with E-state index in [-0.39, 0.29) is 18.5 Å². The van der Waals surface area contributed by atoms with E-state index in [2.05, 4.69) is 43.5 Å². The lowest BCUT2D eigenvalue weighted by atomic mass is 10.0. The summed E-state index contributed by atoms with van der Waals surface area (Å²) in [5, 5.41) is 23.4. The predicted molar refractivity (Wildman–Crippen MR) is 324 cm³/mol. The van der Waals surface area contributed by atoms with Crippen molar-refractivity contribution in [1.82, 2.24) is 5.32 Å². The molecule has 438 valence electrons. The van der Waals surface area contributed by atoms with Gasteiger partial charge < -0.3 is 20.3 Å². The van der Waals surface area contributed by atoms with Crippen LogP contribution in [0.5, 0.6) is 0 Å². The maximum atomic E-state index is 12.5. The zero-order valence-corrected chi connectivity index (χ0v) is 50.1. The van der Waals surface area contributed by atoms with E-state index < -0.39 is 12.1 Å². The highest BCUT2D eigenvalue weighted by Gasteiger charge is 2.20. The average Bonchev–Trinajstić information content (AvgIpc) is 3.40. The molecule has 1 amide bonds. The lowest BCUT2D eigenvalue weighted by Gasteiger charge is -2.22. The number of allylic oxidation sites excluding steroid dienone is 4. The van der Waals surface area contributed by atoms with Crippen molar-refractivity contribution >= 4 is 11.9 Å². The Labute approximate surface area is 462 Å². The summed E-state index contributed by atoms with van der Waals surface area (Å²) >= 11 is 0. The fourth-order valence-corrected chi connectivity index (χ4v) is 10.6. The first-order valence-electron chi connectivity index (χ1n) is 33.6. The van der Waals surface area contributed by atoms with Gasteiger partial charge in [-0.2, -0.15) is 0 Å². The maximum Gasteiger partial charge on any atom is 0.305 e. The molecule has 74 heavy (non-hydrogen) atoms. The Hall–Kier alpha value is -1.66. The summed E-state index contributed by atoms with van der Waals surface area (Å²) in [5.41, 5.74) is 0. The van der Waals surface area contributed by atoms with Gasteiger partial charge >= 0.3 is 5.97 Å². The van der Waals surface area contributed by atoms with Crippen molar-refractivity contribution < 1.29 is 24.5 Å². The summed E-state index contributed by atoms with van der Waals surface area (Å²) < 4.78 is 5.48. The Morgan fingerprint density at radius 2 is 0.676 bits per heavy atom. The third kappa shape index (κ3) is 59.6. The van der Waals surface area contributed by atoms with E-state index in [1.165, 1.54) is 289 Å². The molecule has 0 radical (unpaired) electrons. The molecule has 3 N–H and O–H groups in total. The second-order valence-electron chi connectivity index (χ2n) is 23.2. The number of hydrogen-bond acceptors (Lipinski definition) is 5. The molecule has 0 aromatic carbocycles. The minimum atomic E-state index is -0.669. The van der Waals surface area contributed by atoms with Gasteiger partial charge in [0.25, 0.3) is 0 Å². The highest BCUT2D eigenvalue weighted by molar-refractivity contribution is 5.76. The van der Waals surface area contributed by atoms with Gasteiger partial charge in [-0.15, -0.1) is 0 Å². The number of aliphatic hydroxyl groups excluding tert-OH is 2. The molecule has 2 unspecified atom stereocenters. The summed E-state index contributed by atoms with van der Waals surface area (Å²) in [5.74, 6) is -0.0402. The SMILES string of the molecule is CCCCCC/C=C\C/C=C\CCCCCCCC(=O)OCCCCCCCCCCCCCCCCCCCCC(=O)NC(CO)C(O)CCCCCCCCCCCCCCCCCCCCCCCCC. The van der Waals surface area contributed by atoms with Crippen LogP contribution in [0.4, 0.5) is 0 Å². The van der Waals surface area contributed by atoms with E-state index in [1.807, 2.05) is 0 Å². The topological polar surface area (TPSA) is 95.9 Å². The molecular formula is C68H131NO5. The van der Waals surface area contributed by atoms with E-state index in [0.29, 0.717) is 25.9 Å². The van der Waals surface area contributed by atoms with Gasteiger partial charge in [-0.25, -0.2) is 0 Å². The predicted octanol–water partition coefficient (Wildman–Crippen LogP) is 21.4. The molecule has 0 aliphatic heterocycles. The average molecular weight is 1040 g/mol. The number of esters is 1. The quantitative estimate of drug-likeness (QED) is 0.0320. The molecule has 2 atom stereocenters. The van der Waals surface area contributed by atoms with Crippen LogP contribution in [0.25, 0.3) is 0 Å².